The molecule has 2 atom stereocenters. The van der Waals surface area contributed by atoms with Crippen LogP contribution in [0, 0.1) is 11.3 Å². The first kappa shape index (κ1) is 12.8. The van der Waals surface area contributed by atoms with Crippen molar-refractivity contribution in [3.63, 3.8) is 0 Å². The number of hydrogen-bond donors (Lipinski definition) is 1. The van der Waals surface area contributed by atoms with Gasteiger partial charge in [-0.1, -0.05) is 26.0 Å². The Morgan fingerprint density at radius 2 is 1.83 bits per heavy atom. The molecule has 18 heavy (non-hydrogen) atoms. The Bertz CT molecular complexity index is 418. The van der Waals surface area contributed by atoms with Crippen molar-refractivity contribution in [2.24, 2.45) is 11.3 Å². The summed E-state index contributed by atoms with van der Waals surface area (Å²) >= 11 is 0. The molecule has 0 aromatic heterocycles. The number of nitrogens with zero attached hydrogens (tertiary/aromatic N) is 1. The van der Waals surface area contributed by atoms with Crippen LogP contribution in [0.2, 0.25) is 0 Å². The van der Waals surface area contributed by atoms with Crippen LogP contribution in [0.3, 0.4) is 0 Å². The molecule has 5 heteroatoms. The Labute approximate surface area is 105 Å². The van der Waals surface area contributed by atoms with Crippen molar-refractivity contribution in [1.82, 2.24) is 4.90 Å². The molecule has 2 rings (SSSR count). The zero-order chi connectivity index (χ0) is 13.5. The lowest BCUT2D eigenvalue weighted by atomic mass is 9.81. The van der Waals surface area contributed by atoms with Crippen molar-refractivity contribution < 1.29 is 19.5 Å². The fourth-order valence-corrected chi connectivity index (χ4v) is 2.61. The minimum atomic E-state index is -0.911. The lowest BCUT2D eigenvalue weighted by molar-refractivity contribution is -0.155. The number of piperidine rings is 1. The van der Waals surface area contributed by atoms with Gasteiger partial charge in [0, 0.05) is 12.8 Å². The molecular formula is C13H17NO4. The van der Waals surface area contributed by atoms with Crippen molar-refractivity contribution in [3.8, 4) is 0 Å². The van der Waals surface area contributed by atoms with E-state index in [1.807, 2.05) is 13.8 Å². The normalized spacial score (nSPS) is 30.9. The van der Waals surface area contributed by atoms with Crippen LogP contribution in [0.15, 0.2) is 12.2 Å². The van der Waals surface area contributed by atoms with Gasteiger partial charge in [0.05, 0.1) is 12.0 Å². The molecule has 1 N–H and O–H groups in total. The number of rotatable bonds is 2. The van der Waals surface area contributed by atoms with E-state index in [2.05, 4.69) is 0 Å². The Kier molecular flexibility index (Phi) is 3.00. The summed E-state index contributed by atoms with van der Waals surface area (Å²) in [6.07, 6.45) is 4.19. The smallest absolute Gasteiger partial charge is 0.310 e. The minimum absolute atomic E-state index is 0.197. The molecule has 0 spiro atoms. The van der Waals surface area contributed by atoms with Crippen LogP contribution in [0.4, 0.5) is 0 Å². The zero-order valence-corrected chi connectivity index (χ0v) is 10.5. The molecule has 2 aliphatic rings. The summed E-state index contributed by atoms with van der Waals surface area (Å²) < 4.78 is 0. The molecule has 98 valence electrons. The van der Waals surface area contributed by atoms with E-state index in [0.717, 1.165) is 0 Å². The van der Waals surface area contributed by atoms with Gasteiger partial charge in [0.2, 0.25) is 11.8 Å². The summed E-state index contributed by atoms with van der Waals surface area (Å²) in [5, 5.41) is 8.90. The van der Waals surface area contributed by atoms with Crippen LogP contribution >= 0.6 is 0 Å². The topological polar surface area (TPSA) is 74.7 Å². The molecule has 1 saturated heterocycles. The summed E-state index contributed by atoms with van der Waals surface area (Å²) in [6.45, 7) is 3.79. The number of aliphatic carboxylic acids is 1. The van der Waals surface area contributed by atoms with Crippen LogP contribution in [-0.2, 0) is 14.4 Å². The summed E-state index contributed by atoms with van der Waals surface area (Å²) in [5.41, 5.74) is -0.292. The molecule has 0 aromatic carbocycles. The molecule has 0 bridgehead atoms. The number of imide groups is 1. The van der Waals surface area contributed by atoms with Gasteiger partial charge in [0.25, 0.3) is 0 Å². The monoisotopic (exact) mass is 251 g/mol. The highest BCUT2D eigenvalue weighted by atomic mass is 16.4. The predicted molar refractivity (Wildman–Crippen MR) is 63.5 cm³/mol. The summed E-state index contributed by atoms with van der Waals surface area (Å²) in [4.78, 5) is 36.1. The molecule has 2 amide bonds. The summed E-state index contributed by atoms with van der Waals surface area (Å²) in [5.74, 6) is -1.90. The number of carbonyl (C=O) groups excluding carboxylic acids is 2. The van der Waals surface area contributed by atoms with E-state index in [1.165, 1.54) is 4.90 Å². The van der Waals surface area contributed by atoms with Crippen molar-refractivity contribution in [2.45, 2.75) is 39.2 Å². The fourth-order valence-electron chi connectivity index (χ4n) is 2.61. The number of likely N-dealkylation sites (tertiary alicyclic amines) is 1. The van der Waals surface area contributed by atoms with Crippen molar-refractivity contribution in [2.75, 3.05) is 0 Å². The van der Waals surface area contributed by atoms with Gasteiger partial charge in [-0.25, -0.2) is 0 Å². The second kappa shape index (κ2) is 4.23. The minimum Gasteiger partial charge on any atom is -0.481 e. The van der Waals surface area contributed by atoms with E-state index in [0.29, 0.717) is 19.3 Å². The van der Waals surface area contributed by atoms with Gasteiger partial charge in [-0.05, 0) is 11.8 Å². The lowest BCUT2D eigenvalue weighted by Crippen LogP contribution is -2.50. The third kappa shape index (κ3) is 2.30. The highest BCUT2D eigenvalue weighted by Crippen LogP contribution is 2.34. The summed E-state index contributed by atoms with van der Waals surface area (Å²) in [6, 6.07) is -0.387. The zero-order valence-electron chi connectivity index (χ0n) is 10.5. The second-order valence-electron chi connectivity index (χ2n) is 5.81. The Hall–Kier alpha value is -1.65. The quantitative estimate of drug-likeness (QED) is 0.591. The summed E-state index contributed by atoms with van der Waals surface area (Å²) in [7, 11) is 0. The Morgan fingerprint density at radius 1 is 1.28 bits per heavy atom. The highest BCUT2D eigenvalue weighted by Gasteiger charge is 2.42. The molecule has 1 aliphatic heterocycles. The van der Waals surface area contributed by atoms with E-state index in [-0.39, 0.29) is 23.3 Å². The maximum atomic E-state index is 12.0. The van der Waals surface area contributed by atoms with E-state index in [9.17, 15) is 14.4 Å². The van der Waals surface area contributed by atoms with E-state index < -0.39 is 11.9 Å². The highest BCUT2D eigenvalue weighted by molar-refractivity contribution is 5.99. The lowest BCUT2D eigenvalue weighted by Gasteiger charge is -2.37. The molecular weight excluding hydrogens is 234 g/mol. The van der Waals surface area contributed by atoms with Gasteiger partial charge in [-0.15, -0.1) is 0 Å². The van der Waals surface area contributed by atoms with Gasteiger partial charge in [0.15, 0.2) is 0 Å². The molecule has 0 radical (unpaired) electrons. The molecule has 2 unspecified atom stereocenters. The van der Waals surface area contributed by atoms with Crippen molar-refractivity contribution in [1.29, 1.82) is 0 Å². The van der Waals surface area contributed by atoms with Crippen molar-refractivity contribution >= 4 is 17.8 Å². The largest absolute Gasteiger partial charge is 0.481 e. The average Bonchev–Trinajstić information content (AvgIpc) is 2.63. The van der Waals surface area contributed by atoms with Crippen LogP contribution in [0.1, 0.15) is 33.1 Å². The molecule has 5 nitrogen and oxygen atoms in total. The number of hydrogen-bond acceptors (Lipinski definition) is 3. The maximum Gasteiger partial charge on any atom is 0.310 e. The first-order valence-electron chi connectivity index (χ1n) is 6.06. The van der Waals surface area contributed by atoms with Crippen LogP contribution in [0.5, 0.6) is 0 Å². The third-order valence-corrected chi connectivity index (χ3v) is 3.51. The number of carbonyl (C=O) groups is 3. The average molecular weight is 251 g/mol. The SMILES string of the molecule is CC1(C)CC(=O)N(C2C=CC(C(=O)O)C2)C(=O)C1. The molecule has 1 aliphatic carbocycles. The fraction of sp³-hybridized carbons (Fsp3) is 0.615. The van der Waals surface area contributed by atoms with Gasteiger partial charge in [-0.2, -0.15) is 0 Å². The first-order chi connectivity index (χ1) is 8.30. The number of amides is 2. The standard InChI is InChI=1S/C13H17NO4/c1-13(2)6-10(15)14(11(16)7-13)9-4-3-8(5-9)12(17)18/h3-4,8-9H,5-7H2,1-2H3,(H,17,18). The van der Waals surface area contributed by atoms with E-state index in [1.54, 1.807) is 12.2 Å². The van der Waals surface area contributed by atoms with E-state index in [4.69, 9.17) is 5.11 Å². The Morgan fingerprint density at radius 3 is 2.28 bits per heavy atom. The van der Waals surface area contributed by atoms with Gasteiger partial charge < -0.3 is 5.11 Å². The van der Waals surface area contributed by atoms with Crippen LogP contribution < -0.4 is 0 Å². The molecule has 1 heterocycles. The van der Waals surface area contributed by atoms with E-state index >= 15 is 0 Å². The third-order valence-electron chi connectivity index (χ3n) is 3.51. The Balaban J connectivity index is 2.11. The number of carboxylic acid groups (broad SMARTS) is 1. The second-order valence-corrected chi connectivity index (χ2v) is 5.81. The number of carboxylic acids is 1. The van der Waals surface area contributed by atoms with Crippen molar-refractivity contribution in [3.05, 3.63) is 12.2 Å². The van der Waals surface area contributed by atoms with Gasteiger partial charge in [0.1, 0.15) is 0 Å². The van der Waals surface area contributed by atoms with Gasteiger partial charge in [-0.3, -0.25) is 19.3 Å². The molecule has 0 saturated carbocycles. The molecule has 0 aromatic rings. The predicted octanol–water partition coefficient (Wildman–Crippen LogP) is 1.19. The maximum absolute atomic E-state index is 12.0. The first-order valence-corrected chi connectivity index (χ1v) is 6.06. The van der Waals surface area contributed by atoms with Gasteiger partial charge >= 0.3 is 5.97 Å². The van der Waals surface area contributed by atoms with Crippen LogP contribution in [0.25, 0.3) is 0 Å². The molecule has 1 fully saturated rings. The van der Waals surface area contributed by atoms with Crippen LogP contribution in [-0.4, -0.2) is 33.8 Å².